The molecule has 3 aromatic rings. The first kappa shape index (κ1) is 17.0. The average molecular weight is 360 g/mol. The zero-order chi connectivity index (χ0) is 17.9. The molecular weight excluding hydrogens is 344 g/mol. The van der Waals surface area contributed by atoms with E-state index in [0.29, 0.717) is 11.1 Å². The maximum atomic E-state index is 12.1. The van der Waals surface area contributed by atoms with Gasteiger partial charge < -0.3 is 9.73 Å². The molecular formula is C17H16N2O5S. The van der Waals surface area contributed by atoms with E-state index >= 15 is 0 Å². The molecule has 0 unspecified atom stereocenters. The third-order valence-electron chi connectivity index (χ3n) is 3.67. The number of sulfone groups is 1. The minimum atomic E-state index is -3.46. The van der Waals surface area contributed by atoms with Gasteiger partial charge >= 0.3 is 5.76 Å². The van der Waals surface area contributed by atoms with Gasteiger partial charge in [0.15, 0.2) is 15.4 Å². The van der Waals surface area contributed by atoms with Crippen LogP contribution in [0.5, 0.6) is 0 Å². The lowest BCUT2D eigenvalue weighted by atomic mass is 10.3. The molecule has 0 aliphatic heterocycles. The number of hydrogen-bond acceptors (Lipinski definition) is 5. The van der Waals surface area contributed by atoms with Crippen LogP contribution < -0.4 is 11.1 Å². The van der Waals surface area contributed by atoms with Crippen molar-refractivity contribution in [1.29, 1.82) is 0 Å². The predicted octanol–water partition coefficient (Wildman–Crippen LogP) is 1.18. The number of hydrogen-bond donors (Lipinski definition) is 1. The van der Waals surface area contributed by atoms with Crippen LogP contribution >= 0.6 is 0 Å². The molecule has 0 atom stereocenters. The molecule has 1 heterocycles. The molecule has 0 aliphatic carbocycles. The number of benzene rings is 2. The first-order chi connectivity index (χ1) is 12.0. The molecule has 2 aromatic carbocycles. The van der Waals surface area contributed by atoms with E-state index < -0.39 is 21.5 Å². The van der Waals surface area contributed by atoms with Crippen molar-refractivity contribution in [3.8, 4) is 0 Å². The Morgan fingerprint density at radius 2 is 1.72 bits per heavy atom. The fourth-order valence-electron chi connectivity index (χ4n) is 2.43. The zero-order valence-corrected chi connectivity index (χ0v) is 14.0. The summed E-state index contributed by atoms with van der Waals surface area (Å²) in [6, 6.07) is 14.8. The summed E-state index contributed by atoms with van der Waals surface area (Å²) in [4.78, 5) is 24.0. The van der Waals surface area contributed by atoms with Crippen LogP contribution in [0, 0.1) is 0 Å². The normalized spacial score (nSPS) is 11.5. The van der Waals surface area contributed by atoms with Crippen molar-refractivity contribution in [2.75, 3.05) is 12.3 Å². The third kappa shape index (κ3) is 3.80. The largest absolute Gasteiger partial charge is 0.420 e. The highest BCUT2D eigenvalue weighted by molar-refractivity contribution is 7.91. The van der Waals surface area contributed by atoms with Crippen molar-refractivity contribution >= 4 is 26.8 Å². The summed E-state index contributed by atoms with van der Waals surface area (Å²) in [6.45, 7) is -0.276. The molecule has 0 saturated carbocycles. The number of amides is 1. The number of para-hydroxylation sites is 2. The van der Waals surface area contributed by atoms with E-state index in [9.17, 15) is 18.0 Å². The van der Waals surface area contributed by atoms with E-state index in [4.69, 9.17) is 4.42 Å². The quantitative estimate of drug-likeness (QED) is 0.712. The van der Waals surface area contributed by atoms with Gasteiger partial charge in [0.2, 0.25) is 5.91 Å². The lowest BCUT2D eigenvalue weighted by Gasteiger charge is -2.07. The molecule has 0 radical (unpaired) electrons. The van der Waals surface area contributed by atoms with Crippen LogP contribution in [-0.4, -0.2) is 31.2 Å². The lowest BCUT2D eigenvalue weighted by Crippen LogP contribution is -2.33. The van der Waals surface area contributed by atoms with E-state index in [-0.39, 0.29) is 23.7 Å². The van der Waals surface area contributed by atoms with Crippen LogP contribution in [0.3, 0.4) is 0 Å². The van der Waals surface area contributed by atoms with Gasteiger partial charge in [0.05, 0.1) is 16.2 Å². The second-order valence-corrected chi connectivity index (χ2v) is 7.51. The standard InChI is InChI=1S/C17H16N2O5S/c20-16(12-19-14-8-4-5-9-15(14)24-17(19)21)18-10-11-25(22,23)13-6-2-1-3-7-13/h1-9H,10-12H2,(H,18,20). The summed E-state index contributed by atoms with van der Waals surface area (Å²) in [5.41, 5.74) is 0.909. The monoisotopic (exact) mass is 360 g/mol. The van der Waals surface area contributed by atoms with Gasteiger partial charge in [-0.25, -0.2) is 13.2 Å². The van der Waals surface area contributed by atoms with Gasteiger partial charge in [-0.1, -0.05) is 30.3 Å². The number of rotatable bonds is 6. The number of fused-ring (bicyclic) bond motifs is 1. The van der Waals surface area contributed by atoms with Gasteiger partial charge in [-0.15, -0.1) is 0 Å². The Bertz CT molecular complexity index is 1050. The smallest absolute Gasteiger partial charge is 0.408 e. The Kier molecular flexibility index (Phi) is 4.71. The number of nitrogens with one attached hydrogen (secondary N) is 1. The van der Waals surface area contributed by atoms with E-state index in [0.717, 1.165) is 0 Å². The number of carbonyl (C=O) groups is 1. The predicted molar refractivity (Wildman–Crippen MR) is 92.0 cm³/mol. The summed E-state index contributed by atoms with van der Waals surface area (Å²) in [5, 5.41) is 2.52. The number of carbonyl (C=O) groups excluding carboxylic acids is 1. The average Bonchev–Trinajstić information content (AvgIpc) is 2.91. The van der Waals surface area contributed by atoms with Crippen LogP contribution in [0.25, 0.3) is 11.1 Å². The highest BCUT2D eigenvalue weighted by Gasteiger charge is 2.15. The van der Waals surface area contributed by atoms with Gasteiger partial charge in [-0.3, -0.25) is 9.36 Å². The van der Waals surface area contributed by atoms with E-state index in [1.165, 1.54) is 16.7 Å². The molecule has 0 saturated heterocycles. The molecule has 0 bridgehead atoms. The first-order valence-corrected chi connectivity index (χ1v) is 9.25. The van der Waals surface area contributed by atoms with Crippen LogP contribution in [0.15, 0.2) is 68.7 Å². The molecule has 1 N–H and O–H groups in total. The fraction of sp³-hybridized carbons (Fsp3) is 0.176. The van der Waals surface area contributed by atoms with Crippen molar-refractivity contribution < 1.29 is 17.6 Å². The molecule has 1 amide bonds. The van der Waals surface area contributed by atoms with Crippen LogP contribution in [0.1, 0.15) is 0 Å². The van der Waals surface area contributed by atoms with Crippen LogP contribution in [0.4, 0.5) is 0 Å². The Labute approximate surface area is 143 Å². The van der Waals surface area contributed by atoms with Gasteiger partial charge in [-0.05, 0) is 24.3 Å². The number of nitrogens with zero attached hydrogens (tertiary/aromatic N) is 1. The second-order valence-electron chi connectivity index (χ2n) is 5.40. The molecule has 7 nitrogen and oxygen atoms in total. The van der Waals surface area contributed by atoms with Crippen molar-refractivity contribution in [2.45, 2.75) is 11.4 Å². The van der Waals surface area contributed by atoms with E-state index in [1.807, 2.05) is 0 Å². The Morgan fingerprint density at radius 1 is 1.04 bits per heavy atom. The van der Waals surface area contributed by atoms with Crippen LogP contribution in [0.2, 0.25) is 0 Å². The Balaban J connectivity index is 1.62. The Hall–Kier alpha value is -2.87. The fourth-order valence-corrected chi connectivity index (χ4v) is 3.61. The molecule has 0 fully saturated rings. The molecule has 0 aliphatic rings. The first-order valence-electron chi connectivity index (χ1n) is 7.60. The maximum absolute atomic E-state index is 12.1. The highest BCUT2D eigenvalue weighted by Crippen LogP contribution is 2.11. The minimum absolute atomic E-state index is 0.0411. The maximum Gasteiger partial charge on any atom is 0.420 e. The van der Waals surface area contributed by atoms with Gasteiger partial charge in [0, 0.05) is 6.54 Å². The Morgan fingerprint density at radius 3 is 2.48 bits per heavy atom. The van der Waals surface area contributed by atoms with Gasteiger partial charge in [0.1, 0.15) is 6.54 Å². The van der Waals surface area contributed by atoms with Gasteiger partial charge in [0.25, 0.3) is 0 Å². The van der Waals surface area contributed by atoms with Crippen molar-refractivity contribution in [1.82, 2.24) is 9.88 Å². The number of oxazole rings is 1. The SMILES string of the molecule is O=C(Cn1c(=O)oc2ccccc21)NCCS(=O)(=O)c1ccccc1. The summed E-state index contributed by atoms with van der Waals surface area (Å²) in [6.07, 6.45) is 0. The van der Waals surface area contributed by atoms with Gasteiger partial charge in [-0.2, -0.15) is 0 Å². The summed E-state index contributed by atoms with van der Waals surface area (Å²) >= 11 is 0. The van der Waals surface area contributed by atoms with Crippen molar-refractivity contribution in [2.24, 2.45) is 0 Å². The van der Waals surface area contributed by atoms with Crippen LogP contribution in [-0.2, 0) is 21.2 Å². The molecule has 1 aromatic heterocycles. The van der Waals surface area contributed by atoms with E-state index in [1.54, 1.807) is 42.5 Å². The van der Waals surface area contributed by atoms with Crippen molar-refractivity contribution in [3.63, 3.8) is 0 Å². The van der Waals surface area contributed by atoms with Crippen molar-refractivity contribution in [3.05, 3.63) is 65.1 Å². The molecule has 3 rings (SSSR count). The highest BCUT2D eigenvalue weighted by atomic mass is 32.2. The topological polar surface area (TPSA) is 98.4 Å². The second kappa shape index (κ2) is 6.94. The number of aromatic nitrogens is 1. The van der Waals surface area contributed by atoms with E-state index in [2.05, 4.69) is 5.32 Å². The molecule has 8 heteroatoms. The zero-order valence-electron chi connectivity index (χ0n) is 13.2. The molecule has 130 valence electrons. The summed E-state index contributed by atoms with van der Waals surface area (Å²) < 4.78 is 30.5. The summed E-state index contributed by atoms with van der Waals surface area (Å²) in [7, 11) is -3.46. The molecule has 0 spiro atoms. The lowest BCUT2D eigenvalue weighted by molar-refractivity contribution is -0.121. The summed E-state index contributed by atoms with van der Waals surface area (Å²) in [5.74, 6) is -1.31. The third-order valence-corrected chi connectivity index (χ3v) is 5.40. The molecule has 25 heavy (non-hydrogen) atoms. The minimum Gasteiger partial charge on any atom is -0.408 e.